The molecule has 3 rings (SSSR count). The summed E-state index contributed by atoms with van der Waals surface area (Å²) in [4.78, 5) is 12.4. The van der Waals surface area contributed by atoms with E-state index in [9.17, 15) is 9.18 Å². The Morgan fingerprint density at radius 2 is 1.79 bits per heavy atom. The monoisotopic (exact) mass is 387 g/mol. The second kappa shape index (κ2) is 8.38. The van der Waals surface area contributed by atoms with Crippen LogP contribution in [0.2, 0.25) is 0 Å². The third-order valence-corrected chi connectivity index (χ3v) is 3.88. The SMILES string of the molecule is COc1ccc(-c2nonc2NC(=O)[C@H](C)Oc2ccc(F)cc2)cc1OC. The first-order valence-corrected chi connectivity index (χ1v) is 8.30. The largest absolute Gasteiger partial charge is 0.493 e. The molecule has 1 N–H and O–H groups in total. The fourth-order valence-electron chi connectivity index (χ4n) is 2.43. The van der Waals surface area contributed by atoms with E-state index in [0.717, 1.165) is 0 Å². The molecule has 9 heteroatoms. The maximum Gasteiger partial charge on any atom is 0.266 e. The third-order valence-electron chi connectivity index (χ3n) is 3.88. The summed E-state index contributed by atoms with van der Waals surface area (Å²) in [5.41, 5.74) is 0.935. The molecule has 28 heavy (non-hydrogen) atoms. The lowest BCUT2D eigenvalue weighted by Gasteiger charge is -2.14. The minimum atomic E-state index is -0.861. The quantitative estimate of drug-likeness (QED) is 0.664. The summed E-state index contributed by atoms with van der Waals surface area (Å²) in [6.45, 7) is 1.56. The van der Waals surface area contributed by atoms with Gasteiger partial charge in [0.05, 0.1) is 14.2 Å². The molecule has 8 nitrogen and oxygen atoms in total. The molecule has 0 aliphatic rings. The van der Waals surface area contributed by atoms with Gasteiger partial charge >= 0.3 is 0 Å². The van der Waals surface area contributed by atoms with Crippen molar-refractivity contribution < 1.29 is 28.0 Å². The number of benzene rings is 2. The molecule has 146 valence electrons. The zero-order valence-corrected chi connectivity index (χ0v) is 15.4. The number of halogens is 1. The van der Waals surface area contributed by atoms with Gasteiger partial charge in [0, 0.05) is 5.56 Å². The molecule has 0 spiro atoms. The van der Waals surface area contributed by atoms with Gasteiger partial charge in [-0.3, -0.25) is 4.79 Å². The first-order valence-electron chi connectivity index (χ1n) is 8.30. The first kappa shape index (κ1) is 19.2. The zero-order valence-electron chi connectivity index (χ0n) is 15.4. The maximum atomic E-state index is 13.0. The number of hydrogen-bond donors (Lipinski definition) is 1. The predicted octanol–water partition coefficient (Wildman–Crippen LogP) is 3.30. The zero-order chi connectivity index (χ0) is 20.1. The summed E-state index contributed by atoms with van der Waals surface area (Å²) in [7, 11) is 3.04. The van der Waals surface area contributed by atoms with Crippen LogP contribution < -0.4 is 19.5 Å². The van der Waals surface area contributed by atoms with Crippen molar-refractivity contribution in [3.05, 3.63) is 48.3 Å². The van der Waals surface area contributed by atoms with Crippen molar-refractivity contribution in [2.45, 2.75) is 13.0 Å². The Bertz CT molecular complexity index is 958. The number of aromatic nitrogens is 2. The summed E-state index contributed by atoms with van der Waals surface area (Å²) in [6, 6.07) is 10.5. The van der Waals surface area contributed by atoms with Crippen LogP contribution >= 0.6 is 0 Å². The number of amides is 1. The van der Waals surface area contributed by atoms with Crippen LogP contribution in [0.5, 0.6) is 17.2 Å². The van der Waals surface area contributed by atoms with Crippen molar-refractivity contribution >= 4 is 11.7 Å². The number of nitrogens with zero attached hydrogens (tertiary/aromatic N) is 2. The second-order valence-corrected chi connectivity index (χ2v) is 5.73. The summed E-state index contributed by atoms with van der Waals surface area (Å²) >= 11 is 0. The minimum absolute atomic E-state index is 0.131. The molecular formula is C19H18FN3O5. The number of ether oxygens (including phenoxy) is 3. The topological polar surface area (TPSA) is 95.7 Å². The van der Waals surface area contributed by atoms with Gasteiger partial charge in [-0.05, 0) is 59.7 Å². The fourth-order valence-corrected chi connectivity index (χ4v) is 2.43. The van der Waals surface area contributed by atoms with Gasteiger partial charge in [-0.1, -0.05) is 0 Å². The molecule has 0 saturated carbocycles. The van der Waals surface area contributed by atoms with Gasteiger partial charge in [0.25, 0.3) is 5.91 Å². The van der Waals surface area contributed by atoms with E-state index < -0.39 is 17.8 Å². The Labute approximate surface area is 160 Å². The van der Waals surface area contributed by atoms with Crippen LogP contribution in [0.4, 0.5) is 10.2 Å². The molecule has 0 aliphatic heterocycles. The highest BCUT2D eigenvalue weighted by molar-refractivity contribution is 5.96. The van der Waals surface area contributed by atoms with Crippen LogP contribution in [0.1, 0.15) is 6.92 Å². The molecule has 0 saturated heterocycles. The smallest absolute Gasteiger partial charge is 0.266 e. The van der Waals surface area contributed by atoms with E-state index in [1.54, 1.807) is 25.1 Å². The van der Waals surface area contributed by atoms with Crippen LogP contribution in [0.3, 0.4) is 0 Å². The molecule has 1 heterocycles. The molecule has 0 fully saturated rings. The number of carbonyl (C=O) groups excluding carboxylic acids is 1. The Hall–Kier alpha value is -3.62. The predicted molar refractivity (Wildman–Crippen MR) is 98.0 cm³/mol. The lowest BCUT2D eigenvalue weighted by Crippen LogP contribution is -2.30. The van der Waals surface area contributed by atoms with E-state index in [4.69, 9.17) is 18.8 Å². The van der Waals surface area contributed by atoms with Gasteiger partial charge in [-0.25, -0.2) is 9.02 Å². The highest BCUT2D eigenvalue weighted by atomic mass is 19.1. The summed E-state index contributed by atoms with van der Waals surface area (Å²) in [5.74, 6) is 0.677. The lowest BCUT2D eigenvalue weighted by atomic mass is 10.1. The number of anilines is 1. The average molecular weight is 387 g/mol. The van der Waals surface area contributed by atoms with Crippen LogP contribution in [-0.4, -0.2) is 36.5 Å². The van der Waals surface area contributed by atoms with E-state index in [1.807, 2.05) is 0 Å². The van der Waals surface area contributed by atoms with Crippen LogP contribution in [0, 0.1) is 5.82 Å². The standard InChI is InChI=1S/C19H18FN3O5/c1-11(27-14-7-5-13(20)6-8-14)19(24)21-18-17(22-28-23-18)12-4-9-15(25-2)16(10-12)26-3/h4-11H,1-3H3,(H,21,23,24)/t11-/m0/s1. The second-order valence-electron chi connectivity index (χ2n) is 5.73. The van der Waals surface area contributed by atoms with Crippen molar-refractivity contribution in [2.75, 3.05) is 19.5 Å². The highest BCUT2D eigenvalue weighted by Gasteiger charge is 2.21. The Morgan fingerprint density at radius 3 is 2.46 bits per heavy atom. The number of hydrogen-bond acceptors (Lipinski definition) is 7. The Morgan fingerprint density at radius 1 is 1.07 bits per heavy atom. The van der Waals surface area contributed by atoms with Crippen molar-refractivity contribution in [2.24, 2.45) is 0 Å². The van der Waals surface area contributed by atoms with Gasteiger partial charge in [0.15, 0.2) is 23.3 Å². The van der Waals surface area contributed by atoms with Crippen LogP contribution in [0.25, 0.3) is 11.3 Å². The molecule has 3 aromatic rings. The molecule has 0 bridgehead atoms. The Balaban J connectivity index is 1.74. The number of methoxy groups -OCH3 is 2. The van der Waals surface area contributed by atoms with Crippen molar-refractivity contribution in [3.8, 4) is 28.5 Å². The lowest BCUT2D eigenvalue weighted by molar-refractivity contribution is -0.122. The summed E-state index contributed by atoms with van der Waals surface area (Å²) in [5, 5.41) is 10.2. The molecule has 0 aliphatic carbocycles. The van der Waals surface area contributed by atoms with E-state index in [0.29, 0.717) is 28.5 Å². The normalized spacial score (nSPS) is 11.6. The highest BCUT2D eigenvalue weighted by Crippen LogP contribution is 2.33. The molecule has 1 atom stereocenters. The molecule has 1 aromatic heterocycles. The van der Waals surface area contributed by atoms with Crippen molar-refractivity contribution in [1.29, 1.82) is 0 Å². The van der Waals surface area contributed by atoms with E-state index in [2.05, 4.69) is 15.6 Å². The minimum Gasteiger partial charge on any atom is -0.493 e. The molecular weight excluding hydrogens is 369 g/mol. The van der Waals surface area contributed by atoms with Gasteiger partial charge in [0.1, 0.15) is 11.6 Å². The van der Waals surface area contributed by atoms with Crippen molar-refractivity contribution in [3.63, 3.8) is 0 Å². The molecule has 0 radical (unpaired) electrons. The van der Waals surface area contributed by atoms with Crippen LogP contribution in [0.15, 0.2) is 47.1 Å². The average Bonchev–Trinajstić information content (AvgIpc) is 3.17. The molecule has 2 aromatic carbocycles. The maximum absolute atomic E-state index is 13.0. The van der Waals surface area contributed by atoms with Gasteiger partial charge in [0.2, 0.25) is 5.82 Å². The van der Waals surface area contributed by atoms with Crippen LogP contribution in [-0.2, 0) is 4.79 Å². The molecule has 1 amide bonds. The Kier molecular flexibility index (Phi) is 5.73. The molecule has 0 unspecified atom stereocenters. The van der Waals surface area contributed by atoms with Crippen molar-refractivity contribution in [1.82, 2.24) is 10.3 Å². The van der Waals surface area contributed by atoms with E-state index >= 15 is 0 Å². The van der Waals surface area contributed by atoms with Gasteiger partial charge in [-0.15, -0.1) is 0 Å². The fraction of sp³-hybridized carbons (Fsp3) is 0.211. The van der Waals surface area contributed by atoms with E-state index in [-0.39, 0.29) is 5.82 Å². The summed E-state index contributed by atoms with van der Waals surface area (Å²) in [6.07, 6.45) is -0.861. The number of nitrogens with one attached hydrogen (secondary N) is 1. The number of carbonyl (C=O) groups is 1. The van der Waals surface area contributed by atoms with Gasteiger partial charge < -0.3 is 19.5 Å². The van der Waals surface area contributed by atoms with Gasteiger partial charge in [-0.2, -0.15) is 0 Å². The third kappa shape index (κ3) is 4.20. The number of rotatable bonds is 7. The first-order chi connectivity index (χ1) is 13.5. The summed E-state index contributed by atoms with van der Waals surface area (Å²) < 4.78 is 33.7. The van der Waals surface area contributed by atoms with E-state index in [1.165, 1.54) is 38.5 Å².